The first kappa shape index (κ1) is 17.9. The lowest BCUT2D eigenvalue weighted by Gasteiger charge is -2.34. The molecule has 0 aromatic heterocycles. The van der Waals surface area contributed by atoms with Gasteiger partial charge < -0.3 is 20.3 Å². The fourth-order valence-corrected chi connectivity index (χ4v) is 2.09. The standard InChI is InChI=1S/C13H22N4O5/c1-3-22-13(21)16-8-6-15(7-9-16)11(19)12(20)17(5-4-14)10(2)18/h3-9,14H2,1-2H3. The fourth-order valence-electron chi connectivity index (χ4n) is 2.09. The lowest BCUT2D eigenvalue weighted by atomic mass is 10.3. The molecule has 0 spiro atoms. The first-order valence-electron chi connectivity index (χ1n) is 7.15. The minimum atomic E-state index is -0.887. The summed E-state index contributed by atoms with van der Waals surface area (Å²) in [6.45, 7) is 4.31. The van der Waals surface area contributed by atoms with E-state index in [1.807, 2.05) is 0 Å². The van der Waals surface area contributed by atoms with Crippen molar-refractivity contribution in [1.29, 1.82) is 0 Å². The summed E-state index contributed by atoms with van der Waals surface area (Å²) >= 11 is 0. The minimum Gasteiger partial charge on any atom is -0.450 e. The summed E-state index contributed by atoms with van der Waals surface area (Å²) in [5, 5.41) is 0. The van der Waals surface area contributed by atoms with E-state index in [4.69, 9.17) is 10.5 Å². The normalized spacial score (nSPS) is 14.5. The van der Waals surface area contributed by atoms with Crippen LogP contribution in [0.3, 0.4) is 0 Å². The van der Waals surface area contributed by atoms with E-state index in [0.29, 0.717) is 0 Å². The Labute approximate surface area is 128 Å². The third kappa shape index (κ3) is 4.42. The van der Waals surface area contributed by atoms with E-state index in [1.54, 1.807) is 6.92 Å². The predicted octanol–water partition coefficient (Wildman–Crippen LogP) is -1.38. The lowest BCUT2D eigenvalue weighted by Crippen LogP contribution is -2.55. The van der Waals surface area contributed by atoms with E-state index >= 15 is 0 Å². The molecule has 0 radical (unpaired) electrons. The van der Waals surface area contributed by atoms with E-state index in [0.717, 1.165) is 4.90 Å². The molecule has 1 rings (SSSR count). The number of nitrogens with zero attached hydrogens (tertiary/aromatic N) is 3. The second-order valence-electron chi connectivity index (χ2n) is 4.74. The third-order valence-electron chi connectivity index (χ3n) is 3.25. The quantitative estimate of drug-likeness (QED) is 0.642. The molecular weight excluding hydrogens is 292 g/mol. The maximum absolute atomic E-state index is 12.1. The number of amides is 4. The van der Waals surface area contributed by atoms with Gasteiger partial charge in [-0.2, -0.15) is 0 Å². The number of hydrogen-bond acceptors (Lipinski definition) is 6. The van der Waals surface area contributed by atoms with Crippen LogP contribution < -0.4 is 5.73 Å². The molecule has 2 N–H and O–H groups in total. The van der Waals surface area contributed by atoms with E-state index in [9.17, 15) is 19.2 Å². The second kappa shape index (κ2) is 8.32. The van der Waals surface area contributed by atoms with Crippen molar-refractivity contribution in [3.05, 3.63) is 0 Å². The summed E-state index contributed by atoms with van der Waals surface area (Å²) < 4.78 is 4.88. The number of carbonyl (C=O) groups excluding carboxylic acids is 4. The minimum absolute atomic E-state index is 0.00268. The molecular formula is C13H22N4O5. The summed E-state index contributed by atoms with van der Waals surface area (Å²) in [4.78, 5) is 50.7. The van der Waals surface area contributed by atoms with Crippen molar-refractivity contribution in [2.75, 3.05) is 45.9 Å². The molecule has 1 fully saturated rings. The van der Waals surface area contributed by atoms with Crippen LogP contribution in [0.1, 0.15) is 13.8 Å². The van der Waals surface area contributed by atoms with Crippen LogP contribution in [0.2, 0.25) is 0 Å². The molecule has 9 nitrogen and oxygen atoms in total. The van der Waals surface area contributed by atoms with Crippen molar-refractivity contribution in [3.8, 4) is 0 Å². The molecule has 0 atom stereocenters. The topological polar surface area (TPSA) is 113 Å². The van der Waals surface area contributed by atoms with Gasteiger partial charge in [0.05, 0.1) is 6.61 Å². The molecule has 1 aliphatic heterocycles. The zero-order chi connectivity index (χ0) is 16.7. The van der Waals surface area contributed by atoms with Crippen molar-refractivity contribution < 1.29 is 23.9 Å². The van der Waals surface area contributed by atoms with Gasteiger partial charge in [-0.15, -0.1) is 0 Å². The van der Waals surface area contributed by atoms with Crippen LogP contribution in [-0.2, 0) is 19.1 Å². The number of rotatable bonds is 3. The van der Waals surface area contributed by atoms with Crippen molar-refractivity contribution in [3.63, 3.8) is 0 Å². The van der Waals surface area contributed by atoms with E-state index in [-0.39, 0.29) is 45.9 Å². The smallest absolute Gasteiger partial charge is 0.409 e. The SMILES string of the molecule is CCOC(=O)N1CCN(C(=O)C(=O)N(CCN)C(C)=O)CC1. The highest BCUT2D eigenvalue weighted by molar-refractivity contribution is 6.37. The zero-order valence-corrected chi connectivity index (χ0v) is 12.9. The average Bonchev–Trinajstić information content (AvgIpc) is 2.51. The first-order valence-corrected chi connectivity index (χ1v) is 7.15. The zero-order valence-electron chi connectivity index (χ0n) is 12.9. The molecule has 1 heterocycles. The number of hydrogen-bond donors (Lipinski definition) is 1. The maximum atomic E-state index is 12.1. The first-order chi connectivity index (χ1) is 10.4. The third-order valence-corrected chi connectivity index (χ3v) is 3.25. The van der Waals surface area contributed by atoms with Crippen LogP contribution in [0.15, 0.2) is 0 Å². The van der Waals surface area contributed by atoms with Crippen LogP contribution in [0.4, 0.5) is 4.79 Å². The lowest BCUT2D eigenvalue weighted by molar-refractivity contribution is -0.156. The highest BCUT2D eigenvalue weighted by atomic mass is 16.6. The van der Waals surface area contributed by atoms with Crippen molar-refractivity contribution in [1.82, 2.24) is 14.7 Å². The van der Waals surface area contributed by atoms with E-state index in [1.165, 1.54) is 16.7 Å². The van der Waals surface area contributed by atoms with Gasteiger partial charge >= 0.3 is 17.9 Å². The van der Waals surface area contributed by atoms with Gasteiger partial charge in [0.1, 0.15) is 0 Å². The molecule has 9 heteroatoms. The van der Waals surface area contributed by atoms with Gasteiger partial charge in [0.15, 0.2) is 0 Å². The largest absolute Gasteiger partial charge is 0.450 e. The van der Waals surface area contributed by atoms with E-state index < -0.39 is 23.8 Å². The molecule has 1 aliphatic rings. The molecule has 22 heavy (non-hydrogen) atoms. The molecule has 1 saturated heterocycles. The summed E-state index contributed by atoms with van der Waals surface area (Å²) in [5.41, 5.74) is 5.33. The molecule has 0 aliphatic carbocycles. The summed E-state index contributed by atoms with van der Waals surface area (Å²) in [5.74, 6) is -2.16. The van der Waals surface area contributed by atoms with Crippen LogP contribution in [-0.4, -0.2) is 84.4 Å². The molecule has 0 saturated carbocycles. The van der Waals surface area contributed by atoms with Gasteiger partial charge in [-0.3, -0.25) is 19.3 Å². The Hall–Kier alpha value is -2.16. The highest BCUT2D eigenvalue weighted by Gasteiger charge is 2.32. The van der Waals surface area contributed by atoms with Gasteiger partial charge in [0, 0.05) is 46.2 Å². The summed E-state index contributed by atoms with van der Waals surface area (Å²) in [6, 6.07) is 0. The number of ether oxygens (including phenoxy) is 1. The Morgan fingerprint density at radius 1 is 1.09 bits per heavy atom. The maximum Gasteiger partial charge on any atom is 0.409 e. The van der Waals surface area contributed by atoms with Crippen LogP contribution in [0.5, 0.6) is 0 Å². The van der Waals surface area contributed by atoms with Crippen molar-refractivity contribution >= 4 is 23.8 Å². The monoisotopic (exact) mass is 314 g/mol. The van der Waals surface area contributed by atoms with Crippen molar-refractivity contribution in [2.45, 2.75) is 13.8 Å². The summed E-state index contributed by atoms with van der Waals surface area (Å²) in [6.07, 6.45) is -0.436. The molecule has 0 aromatic carbocycles. The Balaban J connectivity index is 2.59. The molecule has 0 bridgehead atoms. The molecule has 0 aromatic rings. The Bertz CT molecular complexity index is 446. The Morgan fingerprint density at radius 3 is 2.09 bits per heavy atom. The molecule has 4 amide bonds. The number of piperazine rings is 1. The molecule has 0 unspecified atom stereocenters. The predicted molar refractivity (Wildman–Crippen MR) is 76.6 cm³/mol. The average molecular weight is 314 g/mol. The Morgan fingerprint density at radius 2 is 1.64 bits per heavy atom. The van der Waals surface area contributed by atoms with E-state index in [2.05, 4.69) is 0 Å². The highest BCUT2D eigenvalue weighted by Crippen LogP contribution is 2.06. The van der Waals surface area contributed by atoms with Crippen LogP contribution in [0.25, 0.3) is 0 Å². The van der Waals surface area contributed by atoms with Crippen LogP contribution in [0, 0.1) is 0 Å². The van der Waals surface area contributed by atoms with Gasteiger partial charge in [-0.1, -0.05) is 0 Å². The number of nitrogens with two attached hydrogens (primary N) is 1. The summed E-state index contributed by atoms with van der Waals surface area (Å²) in [7, 11) is 0. The van der Waals surface area contributed by atoms with Gasteiger partial charge in [0.25, 0.3) is 0 Å². The van der Waals surface area contributed by atoms with Gasteiger partial charge in [-0.05, 0) is 6.92 Å². The fraction of sp³-hybridized carbons (Fsp3) is 0.692. The Kier molecular flexibility index (Phi) is 6.77. The number of imide groups is 1. The second-order valence-corrected chi connectivity index (χ2v) is 4.74. The molecule has 124 valence electrons. The van der Waals surface area contributed by atoms with Gasteiger partial charge in [-0.25, -0.2) is 4.79 Å². The number of carbonyl (C=O) groups is 4. The van der Waals surface area contributed by atoms with Gasteiger partial charge in [0.2, 0.25) is 5.91 Å². The van der Waals surface area contributed by atoms with Crippen LogP contribution >= 0.6 is 0 Å². The van der Waals surface area contributed by atoms with Crippen molar-refractivity contribution in [2.24, 2.45) is 5.73 Å².